The Balaban J connectivity index is 1.74. The quantitative estimate of drug-likeness (QED) is 0.801. The van der Waals surface area contributed by atoms with Crippen LogP contribution in [0.4, 0.5) is 0 Å². The van der Waals surface area contributed by atoms with Crippen LogP contribution in [0.5, 0.6) is 0 Å². The number of rotatable bonds is 6. The molecule has 0 bridgehead atoms. The van der Waals surface area contributed by atoms with E-state index >= 15 is 0 Å². The number of hydrogen-bond donors (Lipinski definition) is 1. The van der Waals surface area contributed by atoms with Gasteiger partial charge in [-0.1, -0.05) is 43.5 Å². The number of ether oxygens (including phenoxy) is 1. The molecule has 0 aliphatic heterocycles. The highest BCUT2D eigenvalue weighted by molar-refractivity contribution is 5.85. The predicted molar refractivity (Wildman–Crippen MR) is 79.3 cm³/mol. The Hall–Kier alpha value is -1.61. The van der Waals surface area contributed by atoms with E-state index in [2.05, 4.69) is 0 Å². The standard InChI is InChI=1S/C17H22O3/c18-17(19)11-10-14-6-8-16(9-7-14)13-20-12-15-4-2-1-3-5-15/h6-11,15H,1-5,12-13H2,(H,18,19). The third kappa shape index (κ3) is 5.17. The molecule has 0 amide bonds. The van der Waals surface area contributed by atoms with Gasteiger partial charge in [-0.3, -0.25) is 0 Å². The van der Waals surface area contributed by atoms with Crippen molar-refractivity contribution in [2.24, 2.45) is 5.92 Å². The van der Waals surface area contributed by atoms with E-state index in [1.807, 2.05) is 24.3 Å². The molecule has 1 aromatic rings. The van der Waals surface area contributed by atoms with Crippen molar-refractivity contribution in [2.45, 2.75) is 38.7 Å². The van der Waals surface area contributed by atoms with Gasteiger partial charge in [-0.15, -0.1) is 0 Å². The maximum Gasteiger partial charge on any atom is 0.328 e. The molecule has 0 aromatic heterocycles. The summed E-state index contributed by atoms with van der Waals surface area (Å²) >= 11 is 0. The summed E-state index contributed by atoms with van der Waals surface area (Å²) in [5.41, 5.74) is 2.02. The molecule has 0 radical (unpaired) electrons. The molecular weight excluding hydrogens is 252 g/mol. The summed E-state index contributed by atoms with van der Waals surface area (Å²) in [4.78, 5) is 10.4. The third-order valence-electron chi connectivity index (χ3n) is 3.75. The predicted octanol–water partition coefficient (Wildman–Crippen LogP) is 3.88. The van der Waals surface area contributed by atoms with E-state index in [4.69, 9.17) is 9.84 Å². The molecule has 0 spiro atoms. The normalized spacial score (nSPS) is 16.6. The van der Waals surface area contributed by atoms with E-state index in [-0.39, 0.29) is 0 Å². The summed E-state index contributed by atoms with van der Waals surface area (Å²) in [6.45, 7) is 1.50. The maximum atomic E-state index is 10.4. The summed E-state index contributed by atoms with van der Waals surface area (Å²) in [6, 6.07) is 7.81. The van der Waals surface area contributed by atoms with Gasteiger partial charge >= 0.3 is 5.97 Å². The molecule has 0 unspecified atom stereocenters. The maximum absolute atomic E-state index is 10.4. The van der Waals surface area contributed by atoms with Crippen molar-refractivity contribution in [2.75, 3.05) is 6.61 Å². The first-order valence-corrected chi connectivity index (χ1v) is 7.32. The molecule has 3 heteroatoms. The fourth-order valence-electron chi connectivity index (χ4n) is 2.59. The van der Waals surface area contributed by atoms with Crippen LogP contribution in [-0.2, 0) is 16.1 Å². The smallest absolute Gasteiger partial charge is 0.328 e. The molecule has 0 saturated heterocycles. The monoisotopic (exact) mass is 274 g/mol. The van der Waals surface area contributed by atoms with E-state index in [9.17, 15) is 4.79 Å². The molecule has 20 heavy (non-hydrogen) atoms. The average molecular weight is 274 g/mol. The second-order valence-electron chi connectivity index (χ2n) is 5.43. The van der Waals surface area contributed by atoms with Gasteiger partial charge in [-0.2, -0.15) is 0 Å². The summed E-state index contributed by atoms with van der Waals surface area (Å²) in [7, 11) is 0. The fraction of sp³-hybridized carbons (Fsp3) is 0.471. The van der Waals surface area contributed by atoms with Crippen LogP contribution in [0.3, 0.4) is 0 Å². The lowest BCUT2D eigenvalue weighted by Crippen LogP contribution is -2.13. The lowest BCUT2D eigenvalue weighted by Gasteiger charge is -2.21. The molecule has 1 aliphatic rings. The first kappa shape index (κ1) is 14.8. The van der Waals surface area contributed by atoms with Gasteiger partial charge in [0.25, 0.3) is 0 Å². The van der Waals surface area contributed by atoms with Crippen molar-refractivity contribution < 1.29 is 14.6 Å². The minimum atomic E-state index is -0.926. The number of carbonyl (C=O) groups is 1. The van der Waals surface area contributed by atoms with Crippen molar-refractivity contribution in [3.8, 4) is 0 Å². The van der Waals surface area contributed by atoms with Crippen LogP contribution in [0, 0.1) is 5.92 Å². The van der Waals surface area contributed by atoms with Crippen LogP contribution in [0.1, 0.15) is 43.2 Å². The Kier molecular flexibility index (Phi) is 5.81. The Morgan fingerprint density at radius 1 is 1.20 bits per heavy atom. The van der Waals surface area contributed by atoms with Crippen molar-refractivity contribution in [1.82, 2.24) is 0 Å². The van der Waals surface area contributed by atoms with E-state index < -0.39 is 5.97 Å². The summed E-state index contributed by atoms with van der Waals surface area (Å²) in [6.07, 6.45) is 9.42. The number of benzene rings is 1. The molecular formula is C17H22O3. The molecule has 0 heterocycles. The van der Waals surface area contributed by atoms with Crippen LogP contribution in [0.2, 0.25) is 0 Å². The lowest BCUT2D eigenvalue weighted by atomic mass is 9.90. The zero-order valence-corrected chi connectivity index (χ0v) is 11.8. The Morgan fingerprint density at radius 2 is 1.90 bits per heavy atom. The first-order chi connectivity index (χ1) is 9.74. The second-order valence-corrected chi connectivity index (χ2v) is 5.43. The Morgan fingerprint density at radius 3 is 2.55 bits per heavy atom. The van der Waals surface area contributed by atoms with E-state index in [0.29, 0.717) is 6.61 Å². The van der Waals surface area contributed by atoms with Gasteiger partial charge in [-0.05, 0) is 36.0 Å². The molecule has 1 aromatic carbocycles. The van der Waals surface area contributed by atoms with Crippen molar-refractivity contribution in [3.63, 3.8) is 0 Å². The molecule has 1 saturated carbocycles. The number of aliphatic carboxylic acids is 1. The minimum Gasteiger partial charge on any atom is -0.478 e. The van der Waals surface area contributed by atoms with Crippen molar-refractivity contribution >= 4 is 12.0 Å². The molecule has 0 atom stereocenters. The topological polar surface area (TPSA) is 46.5 Å². The van der Waals surface area contributed by atoms with Gasteiger partial charge in [0.2, 0.25) is 0 Å². The second kappa shape index (κ2) is 7.85. The fourth-order valence-corrected chi connectivity index (χ4v) is 2.59. The SMILES string of the molecule is O=C(O)C=Cc1ccc(COCC2CCCCC2)cc1. The van der Waals surface area contributed by atoms with Gasteiger partial charge in [0.05, 0.1) is 6.61 Å². The van der Waals surface area contributed by atoms with Gasteiger partial charge < -0.3 is 9.84 Å². The van der Waals surface area contributed by atoms with Crippen molar-refractivity contribution in [1.29, 1.82) is 0 Å². The minimum absolute atomic E-state index is 0.638. The van der Waals surface area contributed by atoms with Crippen molar-refractivity contribution in [3.05, 3.63) is 41.5 Å². The van der Waals surface area contributed by atoms with E-state index in [0.717, 1.165) is 29.7 Å². The van der Waals surface area contributed by atoms with Crippen LogP contribution in [0.25, 0.3) is 6.08 Å². The number of carboxylic acid groups (broad SMARTS) is 1. The van der Waals surface area contributed by atoms with Crippen LogP contribution >= 0.6 is 0 Å². The van der Waals surface area contributed by atoms with E-state index in [1.54, 1.807) is 6.08 Å². The zero-order chi connectivity index (χ0) is 14.2. The third-order valence-corrected chi connectivity index (χ3v) is 3.75. The van der Waals surface area contributed by atoms with Gasteiger partial charge in [0.15, 0.2) is 0 Å². The Bertz CT molecular complexity index is 442. The van der Waals surface area contributed by atoms with E-state index in [1.165, 1.54) is 32.1 Å². The van der Waals surface area contributed by atoms with Crippen LogP contribution in [0.15, 0.2) is 30.3 Å². The summed E-state index contributed by atoms with van der Waals surface area (Å²) in [5, 5.41) is 8.56. The molecule has 108 valence electrons. The first-order valence-electron chi connectivity index (χ1n) is 7.32. The zero-order valence-electron chi connectivity index (χ0n) is 11.8. The highest BCUT2D eigenvalue weighted by Gasteiger charge is 2.13. The molecule has 3 nitrogen and oxygen atoms in total. The highest BCUT2D eigenvalue weighted by Crippen LogP contribution is 2.24. The van der Waals surface area contributed by atoms with Crippen LogP contribution < -0.4 is 0 Å². The molecule has 1 N–H and O–H groups in total. The van der Waals surface area contributed by atoms with Gasteiger partial charge in [0.1, 0.15) is 0 Å². The number of carboxylic acids is 1. The largest absolute Gasteiger partial charge is 0.478 e. The summed E-state index contributed by atoms with van der Waals surface area (Å²) < 4.78 is 5.79. The number of hydrogen-bond acceptors (Lipinski definition) is 2. The lowest BCUT2D eigenvalue weighted by molar-refractivity contribution is -0.131. The van der Waals surface area contributed by atoms with Crippen LogP contribution in [-0.4, -0.2) is 17.7 Å². The highest BCUT2D eigenvalue weighted by atomic mass is 16.5. The molecule has 1 fully saturated rings. The Labute approximate surface area is 120 Å². The van der Waals surface area contributed by atoms with Gasteiger partial charge in [0, 0.05) is 12.7 Å². The molecule has 1 aliphatic carbocycles. The average Bonchev–Trinajstić information content (AvgIpc) is 2.47. The molecule has 2 rings (SSSR count). The van der Waals surface area contributed by atoms with Gasteiger partial charge in [-0.25, -0.2) is 4.79 Å². The summed E-state index contributed by atoms with van der Waals surface area (Å²) in [5.74, 6) is -0.189.